The van der Waals surface area contributed by atoms with Crippen molar-refractivity contribution in [2.24, 2.45) is 11.8 Å². The minimum Gasteiger partial charge on any atom is -0.241 e. The van der Waals surface area contributed by atoms with Crippen LogP contribution in [0.4, 0.5) is 4.39 Å². The topological polar surface area (TPSA) is 59.1 Å². The predicted molar refractivity (Wildman–Crippen MR) is 75.6 cm³/mol. The van der Waals surface area contributed by atoms with E-state index >= 15 is 0 Å². The molecule has 0 radical (unpaired) electrons. The van der Waals surface area contributed by atoms with Gasteiger partial charge in [-0.05, 0) is 36.8 Å². The molecule has 4 nitrogen and oxygen atoms in total. The molecule has 1 aromatic rings. The normalized spacial score (nSPS) is 23.7. The van der Waals surface area contributed by atoms with Crippen LogP contribution in [0, 0.1) is 17.7 Å². The molecule has 1 fully saturated rings. The van der Waals surface area contributed by atoms with Crippen LogP contribution in [0.5, 0.6) is 0 Å². The number of halogens is 2. The van der Waals surface area contributed by atoms with E-state index in [1.165, 1.54) is 12.3 Å². The number of nitrogens with zero attached hydrogens (tertiary/aromatic N) is 1. The summed E-state index contributed by atoms with van der Waals surface area (Å²) in [6.07, 6.45) is 5.45. The maximum Gasteiger partial charge on any atom is 0.261 e. The second-order valence-electron chi connectivity index (χ2n) is 5.10. The van der Waals surface area contributed by atoms with E-state index in [0.717, 1.165) is 31.7 Å². The predicted octanol–water partition coefficient (Wildman–Crippen LogP) is 2.54. The Morgan fingerprint density at radius 3 is 2.70 bits per heavy atom. The lowest BCUT2D eigenvalue weighted by molar-refractivity contribution is 0.260. The van der Waals surface area contributed by atoms with E-state index in [0.29, 0.717) is 11.8 Å². The van der Waals surface area contributed by atoms with E-state index in [9.17, 15) is 12.8 Å². The van der Waals surface area contributed by atoms with Gasteiger partial charge in [0.15, 0.2) is 5.82 Å². The van der Waals surface area contributed by atoms with Gasteiger partial charge in [-0.2, -0.15) is 0 Å². The molecule has 2 rings (SSSR count). The summed E-state index contributed by atoms with van der Waals surface area (Å²) in [4.78, 5) is 3.60. The molecule has 1 aromatic heterocycles. The van der Waals surface area contributed by atoms with Crippen LogP contribution >= 0.6 is 11.6 Å². The number of nitrogens with one attached hydrogen (secondary N) is 1. The zero-order chi connectivity index (χ0) is 14.6. The fraction of sp³-hybridized carbons (Fsp3) is 0.615. The second kappa shape index (κ2) is 6.83. The molecule has 0 amide bonds. The number of hydrogen-bond donors (Lipinski definition) is 1. The third-order valence-corrected chi connectivity index (χ3v) is 5.53. The quantitative estimate of drug-likeness (QED) is 0.848. The van der Waals surface area contributed by atoms with Gasteiger partial charge in [-0.15, -0.1) is 11.6 Å². The highest BCUT2D eigenvalue weighted by molar-refractivity contribution is 7.89. The molecule has 1 N–H and O–H groups in total. The van der Waals surface area contributed by atoms with Crippen molar-refractivity contribution >= 4 is 21.6 Å². The van der Waals surface area contributed by atoms with Gasteiger partial charge in [0.05, 0.1) is 0 Å². The molecule has 112 valence electrons. The van der Waals surface area contributed by atoms with E-state index in [4.69, 9.17) is 11.6 Å². The van der Waals surface area contributed by atoms with E-state index in [1.54, 1.807) is 0 Å². The number of rotatable bonds is 5. The lowest BCUT2D eigenvalue weighted by atomic mass is 9.80. The van der Waals surface area contributed by atoms with Gasteiger partial charge < -0.3 is 0 Å². The largest absolute Gasteiger partial charge is 0.261 e. The Labute approximate surface area is 123 Å². The summed E-state index contributed by atoms with van der Waals surface area (Å²) >= 11 is 5.92. The lowest BCUT2D eigenvalue weighted by Gasteiger charge is -2.30. The fourth-order valence-electron chi connectivity index (χ4n) is 2.61. The van der Waals surface area contributed by atoms with Crippen LogP contribution in [0.25, 0.3) is 0 Å². The Balaban J connectivity index is 2.04. The summed E-state index contributed by atoms with van der Waals surface area (Å²) < 4.78 is 40.0. The molecule has 0 aromatic carbocycles. The minimum absolute atomic E-state index is 0.211. The average Bonchev–Trinajstić information content (AvgIpc) is 2.46. The van der Waals surface area contributed by atoms with Crippen molar-refractivity contribution in [2.75, 3.05) is 12.4 Å². The smallest absolute Gasteiger partial charge is 0.241 e. The number of sulfonamides is 1. The van der Waals surface area contributed by atoms with Crippen molar-refractivity contribution in [1.29, 1.82) is 0 Å². The van der Waals surface area contributed by atoms with Crippen molar-refractivity contribution < 1.29 is 12.8 Å². The molecular weight excluding hydrogens is 303 g/mol. The van der Waals surface area contributed by atoms with Crippen molar-refractivity contribution in [3.05, 3.63) is 24.1 Å². The minimum atomic E-state index is -3.90. The van der Waals surface area contributed by atoms with Gasteiger partial charge in [-0.25, -0.2) is 22.5 Å². The molecule has 1 heterocycles. The Kier molecular flexibility index (Phi) is 5.35. The highest BCUT2D eigenvalue weighted by atomic mass is 35.5. The van der Waals surface area contributed by atoms with E-state index in [-0.39, 0.29) is 12.5 Å². The lowest BCUT2D eigenvalue weighted by Crippen LogP contribution is -2.35. The van der Waals surface area contributed by atoms with Crippen LogP contribution in [-0.4, -0.2) is 25.8 Å². The summed E-state index contributed by atoms with van der Waals surface area (Å²) in [6.45, 7) is 0.287. The Morgan fingerprint density at radius 1 is 1.35 bits per heavy atom. The van der Waals surface area contributed by atoms with Crippen molar-refractivity contribution in [1.82, 2.24) is 9.71 Å². The van der Waals surface area contributed by atoms with Crippen molar-refractivity contribution in [3.63, 3.8) is 0 Å². The van der Waals surface area contributed by atoms with Crippen molar-refractivity contribution in [2.45, 2.75) is 30.7 Å². The maximum absolute atomic E-state index is 13.5. The maximum atomic E-state index is 13.5. The summed E-state index contributed by atoms with van der Waals surface area (Å²) in [5, 5.41) is -0.543. The van der Waals surface area contributed by atoms with Crippen LogP contribution in [0.1, 0.15) is 25.7 Å². The number of alkyl halides is 1. The summed E-state index contributed by atoms with van der Waals surface area (Å²) in [7, 11) is -3.90. The molecule has 2 unspecified atom stereocenters. The molecule has 1 aliphatic carbocycles. The first-order valence-electron chi connectivity index (χ1n) is 6.70. The van der Waals surface area contributed by atoms with Gasteiger partial charge in [-0.1, -0.05) is 12.8 Å². The first kappa shape index (κ1) is 15.7. The van der Waals surface area contributed by atoms with Crippen LogP contribution < -0.4 is 4.72 Å². The van der Waals surface area contributed by atoms with Crippen LogP contribution in [-0.2, 0) is 10.0 Å². The molecule has 0 spiro atoms. The summed E-state index contributed by atoms with van der Waals surface area (Å²) in [5.41, 5.74) is 0. The average molecular weight is 321 g/mol. The Hall–Kier alpha value is -0.720. The van der Waals surface area contributed by atoms with Gasteiger partial charge in [-0.3, -0.25) is 0 Å². The molecule has 7 heteroatoms. The third-order valence-electron chi connectivity index (χ3n) is 3.78. The molecule has 1 saturated carbocycles. The Bertz CT molecular complexity index is 553. The highest BCUT2D eigenvalue weighted by Crippen LogP contribution is 2.30. The Morgan fingerprint density at radius 2 is 2.05 bits per heavy atom. The highest BCUT2D eigenvalue weighted by Gasteiger charge is 2.27. The van der Waals surface area contributed by atoms with Crippen LogP contribution in [0.3, 0.4) is 0 Å². The standard InChI is InChI=1S/C13H18ClFN2O2S/c14-8-10-4-1-2-5-11(10)9-17-20(18,19)13-12(15)6-3-7-16-13/h3,6-7,10-11,17H,1-2,4-5,8-9H2. The second-order valence-corrected chi connectivity index (χ2v) is 7.09. The molecule has 0 aliphatic heterocycles. The summed E-state index contributed by atoms with van der Waals surface area (Å²) in [6, 6.07) is 2.45. The SMILES string of the molecule is O=S(=O)(NCC1CCCCC1CCl)c1ncccc1F. The van der Waals surface area contributed by atoms with Gasteiger partial charge in [0.2, 0.25) is 5.03 Å². The van der Waals surface area contributed by atoms with Gasteiger partial charge in [0.1, 0.15) is 0 Å². The molecule has 20 heavy (non-hydrogen) atoms. The molecule has 1 aliphatic rings. The fourth-order valence-corrected chi connectivity index (χ4v) is 4.11. The van der Waals surface area contributed by atoms with Gasteiger partial charge in [0, 0.05) is 18.6 Å². The summed E-state index contributed by atoms with van der Waals surface area (Å²) in [5.74, 6) is 0.228. The van der Waals surface area contributed by atoms with Crippen LogP contribution in [0.2, 0.25) is 0 Å². The van der Waals surface area contributed by atoms with E-state index < -0.39 is 20.9 Å². The number of aromatic nitrogens is 1. The van der Waals surface area contributed by atoms with Crippen LogP contribution in [0.15, 0.2) is 23.4 Å². The monoisotopic (exact) mass is 320 g/mol. The third kappa shape index (κ3) is 3.68. The molecule has 2 atom stereocenters. The first-order chi connectivity index (χ1) is 9.54. The first-order valence-corrected chi connectivity index (χ1v) is 8.72. The number of hydrogen-bond acceptors (Lipinski definition) is 3. The molecular formula is C13H18ClFN2O2S. The van der Waals surface area contributed by atoms with E-state index in [2.05, 4.69) is 9.71 Å². The van der Waals surface area contributed by atoms with Gasteiger partial charge >= 0.3 is 0 Å². The zero-order valence-corrected chi connectivity index (χ0v) is 12.6. The molecule has 0 saturated heterocycles. The molecule has 0 bridgehead atoms. The van der Waals surface area contributed by atoms with E-state index in [1.807, 2.05) is 0 Å². The number of pyridine rings is 1. The zero-order valence-electron chi connectivity index (χ0n) is 11.1. The van der Waals surface area contributed by atoms with Crippen molar-refractivity contribution in [3.8, 4) is 0 Å². The van der Waals surface area contributed by atoms with Gasteiger partial charge in [0.25, 0.3) is 10.0 Å².